The third-order valence-electron chi connectivity index (χ3n) is 3.75. The van der Waals surface area contributed by atoms with Gasteiger partial charge in [-0.2, -0.15) is 0 Å². The van der Waals surface area contributed by atoms with E-state index in [1.54, 1.807) is 0 Å². The number of rotatable bonds is 6. The van der Waals surface area contributed by atoms with Crippen molar-refractivity contribution in [2.24, 2.45) is 0 Å². The first-order valence-electron chi connectivity index (χ1n) is 7.50. The van der Waals surface area contributed by atoms with Crippen molar-refractivity contribution in [3.8, 4) is 0 Å². The molecule has 2 heterocycles. The van der Waals surface area contributed by atoms with Gasteiger partial charge >= 0.3 is 11.7 Å². The molecule has 1 aromatic heterocycles. The molecule has 0 saturated carbocycles. The lowest BCUT2D eigenvalue weighted by Gasteiger charge is -2.16. The molecule has 4 N–H and O–H groups in total. The fourth-order valence-electron chi connectivity index (χ4n) is 2.38. The zero-order chi connectivity index (χ0) is 18.6. The second-order valence-corrected chi connectivity index (χ2v) is 5.44. The van der Waals surface area contributed by atoms with Crippen molar-refractivity contribution in [3.63, 3.8) is 0 Å². The van der Waals surface area contributed by atoms with E-state index >= 15 is 0 Å². The number of nitrogens with zero attached hydrogens (tertiary/aromatic N) is 1. The summed E-state index contributed by atoms with van der Waals surface area (Å²) in [5.74, 6) is -0.986. The highest BCUT2D eigenvalue weighted by atomic mass is 16.6. The average Bonchev–Trinajstić information content (AvgIpc) is 2.86. The Morgan fingerprint density at radius 1 is 1.32 bits per heavy atom. The molecule has 0 radical (unpaired) electrons. The number of ether oxygens (including phenoxy) is 2. The van der Waals surface area contributed by atoms with Gasteiger partial charge in [-0.3, -0.25) is 23.9 Å². The first kappa shape index (κ1) is 18.8. The van der Waals surface area contributed by atoms with Gasteiger partial charge in [0.1, 0.15) is 18.3 Å². The molecular formula is C14H19N3O8. The molecule has 1 amide bonds. The number of nitrogens with one attached hydrogen (secondary N) is 2. The Morgan fingerprint density at radius 2 is 2.04 bits per heavy atom. The van der Waals surface area contributed by atoms with E-state index in [0.717, 1.165) is 16.8 Å². The highest BCUT2D eigenvalue weighted by Crippen LogP contribution is 2.27. The summed E-state index contributed by atoms with van der Waals surface area (Å²) in [7, 11) is 1.21. The van der Waals surface area contributed by atoms with Crippen LogP contribution in [0, 0.1) is 0 Å². The maximum absolute atomic E-state index is 11.8. The first-order chi connectivity index (χ1) is 11.8. The summed E-state index contributed by atoms with van der Waals surface area (Å²) >= 11 is 0. The smallest absolute Gasteiger partial charge is 0.330 e. The molecule has 0 spiro atoms. The van der Waals surface area contributed by atoms with Crippen LogP contribution in [0.25, 0.3) is 0 Å². The number of carbonyl (C=O) groups excluding carboxylic acids is 2. The van der Waals surface area contributed by atoms with E-state index in [2.05, 4.69) is 10.1 Å². The fraction of sp³-hybridized carbons (Fsp3) is 0.571. The number of H-pyrrole nitrogens is 1. The van der Waals surface area contributed by atoms with Crippen LogP contribution >= 0.6 is 0 Å². The van der Waals surface area contributed by atoms with Gasteiger partial charge in [-0.05, 0) is 0 Å². The third kappa shape index (κ3) is 4.53. The van der Waals surface area contributed by atoms with Crippen molar-refractivity contribution in [1.29, 1.82) is 0 Å². The predicted molar refractivity (Wildman–Crippen MR) is 81.5 cm³/mol. The van der Waals surface area contributed by atoms with Crippen LogP contribution in [0.5, 0.6) is 0 Å². The first-order valence-corrected chi connectivity index (χ1v) is 7.50. The molecule has 1 aliphatic rings. The average molecular weight is 357 g/mol. The highest BCUT2D eigenvalue weighted by Gasteiger charge is 2.44. The molecule has 1 fully saturated rings. The van der Waals surface area contributed by atoms with Crippen molar-refractivity contribution in [3.05, 3.63) is 33.1 Å². The number of aromatic nitrogens is 2. The maximum Gasteiger partial charge on any atom is 0.330 e. The predicted octanol–water partition coefficient (Wildman–Crippen LogP) is -2.77. The monoisotopic (exact) mass is 357 g/mol. The number of carbonyl (C=O) groups is 2. The lowest BCUT2D eigenvalue weighted by atomic mass is 10.1. The Morgan fingerprint density at radius 3 is 2.68 bits per heavy atom. The van der Waals surface area contributed by atoms with Gasteiger partial charge in [0.05, 0.1) is 13.5 Å². The van der Waals surface area contributed by atoms with Crippen molar-refractivity contribution in [2.45, 2.75) is 37.4 Å². The van der Waals surface area contributed by atoms with E-state index in [1.165, 1.54) is 7.11 Å². The van der Waals surface area contributed by atoms with Crippen LogP contribution in [0.4, 0.5) is 0 Å². The molecule has 138 valence electrons. The summed E-state index contributed by atoms with van der Waals surface area (Å²) in [5, 5.41) is 22.5. The molecule has 4 atom stereocenters. The molecule has 25 heavy (non-hydrogen) atoms. The molecule has 0 bridgehead atoms. The topological polar surface area (TPSA) is 160 Å². The molecule has 1 aliphatic heterocycles. The molecule has 0 aromatic carbocycles. The Balaban J connectivity index is 1.95. The van der Waals surface area contributed by atoms with Crippen LogP contribution in [0.2, 0.25) is 0 Å². The van der Waals surface area contributed by atoms with Crippen molar-refractivity contribution in [1.82, 2.24) is 14.9 Å². The lowest BCUT2D eigenvalue weighted by Crippen LogP contribution is -2.40. The number of aliphatic hydroxyl groups excluding tert-OH is 2. The van der Waals surface area contributed by atoms with Crippen LogP contribution in [-0.4, -0.2) is 63.6 Å². The second-order valence-electron chi connectivity index (χ2n) is 5.44. The summed E-state index contributed by atoms with van der Waals surface area (Å²) in [4.78, 5) is 47.4. The zero-order valence-electron chi connectivity index (χ0n) is 13.4. The van der Waals surface area contributed by atoms with E-state index in [0.29, 0.717) is 0 Å². The minimum absolute atomic E-state index is 0.0889. The number of esters is 1. The molecule has 1 unspecified atom stereocenters. The van der Waals surface area contributed by atoms with Crippen LogP contribution in [0.1, 0.15) is 19.1 Å². The van der Waals surface area contributed by atoms with Gasteiger partial charge in [0, 0.05) is 25.2 Å². The van der Waals surface area contributed by atoms with Gasteiger partial charge in [0.2, 0.25) is 5.91 Å². The SMILES string of the molecule is COC(=O)CCC(=O)NC[C@H]1O[C@@H](n2ccc(=O)[nH]c2=O)[C@@H](O)C1O. The zero-order valence-corrected chi connectivity index (χ0v) is 13.4. The van der Waals surface area contributed by atoms with Crippen LogP contribution in [-0.2, 0) is 19.1 Å². The molecule has 1 saturated heterocycles. The summed E-state index contributed by atoms with van der Waals surface area (Å²) in [6, 6.07) is 1.08. The number of hydrogen-bond donors (Lipinski definition) is 4. The van der Waals surface area contributed by atoms with Crippen molar-refractivity contribution < 1.29 is 29.3 Å². The van der Waals surface area contributed by atoms with E-state index in [1.807, 2.05) is 4.98 Å². The second kappa shape index (κ2) is 8.05. The van der Waals surface area contributed by atoms with E-state index in [9.17, 15) is 29.4 Å². The Bertz CT molecular complexity index is 742. The standard InChI is InChI=1S/C14H19N3O8/c1-24-10(20)3-2-8(18)15-6-7-11(21)12(22)13(25-7)17-5-4-9(19)16-14(17)23/h4-5,7,11-13,21-22H,2-3,6H2,1H3,(H,15,18)(H,16,19,23)/t7-,11?,12+,13-/m1/s1. The molecule has 1 aromatic rings. The number of aromatic amines is 1. The summed E-state index contributed by atoms with van der Waals surface area (Å²) in [5.41, 5.74) is -1.41. The summed E-state index contributed by atoms with van der Waals surface area (Å²) in [6.45, 7) is -0.132. The number of hydrogen-bond acceptors (Lipinski definition) is 8. The minimum atomic E-state index is -1.43. The highest BCUT2D eigenvalue weighted by molar-refractivity contribution is 5.81. The Kier molecular flexibility index (Phi) is 6.07. The number of aliphatic hydroxyl groups is 2. The van der Waals surface area contributed by atoms with Gasteiger partial charge in [-0.1, -0.05) is 0 Å². The van der Waals surface area contributed by atoms with Crippen LogP contribution in [0.3, 0.4) is 0 Å². The van der Waals surface area contributed by atoms with E-state index in [4.69, 9.17) is 4.74 Å². The van der Waals surface area contributed by atoms with Gasteiger partial charge in [-0.25, -0.2) is 4.79 Å². The largest absolute Gasteiger partial charge is 0.469 e. The molecular weight excluding hydrogens is 338 g/mol. The van der Waals surface area contributed by atoms with Gasteiger partial charge in [0.25, 0.3) is 5.56 Å². The molecule has 11 heteroatoms. The lowest BCUT2D eigenvalue weighted by molar-refractivity contribution is -0.142. The molecule has 11 nitrogen and oxygen atoms in total. The van der Waals surface area contributed by atoms with Crippen LogP contribution < -0.4 is 16.6 Å². The third-order valence-corrected chi connectivity index (χ3v) is 3.75. The van der Waals surface area contributed by atoms with Gasteiger partial charge < -0.3 is 25.0 Å². The normalized spacial score (nSPS) is 25.6. The van der Waals surface area contributed by atoms with Crippen molar-refractivity contribution in [2.75, 3.05) is 13.7 Å². The summed E-state index contributed by atoms with van der Waals surface area (Å²) in [6.07, 6.45) is -4.02. The Labute approximate surface area is 141 Å². The van der Waals surface area contributed by atoms with E-state index in [-0.39, 0.29) is 19.4 Å². The maximum atomic E-state index is 11.8. The molecule has 0 aliphatic carbocycles. The van der Waals surface area contributed by atoms with Crippen LogP contribution in [0.15, 0.2) is 21.9 Å². The van der Waals surface area contributed by atoms with E-state index < -0.39 is 47.7 Å². The molecule has 2 rings (SSSR count). The number of amides is 1. The summed E-state index contributed by atoms with van der Waals surface area (Å²) < 4.78 is 10.8. The van der Waals surface area contributed by atoms with Gasteiger partial charge in [-0.15, -0.1) is 0 Å². The Hall–Kier alpha value is -2.50. The quantitative estimate of drug-likeness (QED) is 0.398. The number of methoxy groups -OCH3 is 1. The van der Waals surface area contributed by atoms with Crippen molar-refractivity contribution >= 4 is 11.9 Å². The fourth-order valence-corrected chi connectivity index (χ4v) is 2.38. The minimum Gasteiger partial charge on any atom is -0.469 e. The van der Waals surface area contributed by atoms with Gasteiger partial charge in [0.15, 0.2) is 6.23 Å².